The van der Waals surface area contributed by atoms with Crippen LogP contribution in [0.5, 0.6) is 5.75 Å². The lowest BCUT2D eigenvalue weighted by atomic mass is 10.0. The van der Waals surface area contributed by atoms with Gasteiger partial charge in [-0.2, -0.15) is 0 Å². The highest BCUT2D eigenvalue weighted by atomic mass is 19.1. The zero-order valence-corrected chi connectivity index (χ0v) is 16.8. The van der Waals surface area contributed by atoms with Gasteiger partial charge in [-0.15, -0.1) is 0 Å². The summed E-state index contributed by atoms with van der Waals surface area (Å²) in [6.45, 7) is 5.94. The highest BCUT2D eigenvalue weighted by molar-refractivity contribution is 5.29. The number of hydrogen-bond acceptors (Lipinski definition) is 2. The number of nitrogens with one attached hydrogen (secondary N) is 1. The van der Waals surface area contributed by atoms with Crippen molar-refractivity contribution in [2.24, 2.45) is 0 Å². The number of rotatable bonds is 13. The van der Waals surface area contributed by atoms with Crippen LogP contribution >= 0.6 is 0 Å². The quantitative estimate of drug-likeness (QED) is 0.391. The van der Waals surface area contributed by atoms with Crippen molar-refractivity contribution in [3.63, 3.8) is 0 Å². The molecule has 0 heterocycles. The van der Waals surface area contributed by atoms with E-state index in [2.05, 4.69) is 43.4 Å². The zero-order chi connectivity index (χ0) is 19.3. The molecule has 0 spiro atoms. The molecule has 0 bridgehead atoms. The minimum atomic E-state index is -0.192. The second-order valence-corrected chi connectivity index (χ2v) is 7.15. The fraction of sp³-hybridized carbons (Fsp3) is 0.500. The number of hydrogen-bond donors (Lipinski definition) is 1. The SMILES string of the molecule is CCCCCCCCOc1ccc(C(CC)NCc2ccc(F)cc2)cc1. The average molecular weight is 372 g/mol. The molecule has 2 rings (SSSR count). The van der Waals surface area contributed by atoms with E-state index in [1.807, 2.05) is 12.1 Å². The Hall–Kier alpha value is -1.87. The predicted octanol–water partition coefficient (Wildman–Crippen LogP) is 6.81. The van der Waals surface area contributed by atoms with Crippen LogP contribution in [0.15, 0.2) is 48.5 Å². The molecule has 148 valence electrons. The lowest BCUT2D eigenvalue weighted by Gasteiger charge is -2.18. The summed E-state index contributed by atoms with van der Waals surface area (Å²) < 4.78 is 18.9. The van der Waals surface area contributed by atoms with Gasteiger partial charge in [0.25, 0.3) is 0 Å². The molecule has 1 atom stereocenters. The zero-order valence-electron chi connectivity index (χ0n) is 16.8. The summed E-state index contributed by atoms with van der Waals surface area (Å²) in [6.07, 6.45) is 8.67. The molecular weight excluding hydrogens is 337 g/mol. The summed E-state index contributed by atoms with van der Waals surface area (Å²) in [4.78, 5) is 0. The largest absolute Gasteiger partial charge is 0.494 e. The minimum absolute atomic E-state index is 0.192. The lowest BCUT2D eigenvalue weighted by molar-refractivity contribution is 0.304. The van der Waals surface area contributed by atoms with Crippen LogP contribution in [0.2, 0.25) is 0 Å². The molecule has 0 aliphatic heterocycles. The third kappa shape index (κ3) is 8.13. The Morgan fingerprint density at radius 3 is 2.19 bits per heavy atom. The van der Waals surface area contributed by atoms with E-state index in [1.165, 1.54) is 49.8 Å². The predicted molar refractivity (Wildman–Crippen MR) is 112 cm³/mol. The van der Waals surface area contributed by atoms with Crippen LogP contribution in [-0.2, 0) is 6.54 Å². The van der Waals surface area contributed by atoms with Gasteiger partial charge in [0, 0.05) is 12.6 Å². The molecule has 0 amide bonds. The van der Waals surface area contributed by atoms with Crippen molar-refractivity contribution < 1.29 is 9.13 Å². The standard InChI is InChI=1S/C24H34FNO/c1-3-5-6-7-8-9-18-27-23-16-12-21(13-17-23)24(4-2)26-19-20-10-14-22(25)15-11-20/h10-17,24,26H,3-9,18-19H2,1-2H3. The van der Waals surface area contributed by atoms with Crippen molar-refractivity contribution >= 4 is 0 Å². The summed E-state index contributed by atoms with van der Waals surface area (Å²) in [6, 6.07) is 15.4. The van der Waals surface area contributed by atoms with Crippen molar-refractivity contribution in [3.8, 4) is 5.75 Å². The van der Waals surface area contributed by atoms with Crippen molar-refractivity contribution in [1.29, 1.82) is 0 Å². The van der Waals surface area contributed by atoms with Crippen LogP contribution in [0, 0.1) is 5.82 Å². The molecule has 1 N–H and O–H groups in total. The molecule has 2 aromatic carbocycles. The van der Waals surface area contributed by atoms with Crippen LogP contribution in [0.4, 0.5) is 4.39 Å². The van der Waals surface area contributed by atoms with E-state index in [0.717, 1.165) is 37.3 Å². The van der Waals surface area contributed by atoms with Crippen molar-refractivity contribution in [3.05, 3.63) is 65.5 Å². The van der Waals surface area contributed by atoms with Gasteiger partial charge < -0.3 is 10.1 Å². The number of benzene rings is 2. The van der Waals surface area contributed by atoms with Gasteiger partial charge in [-0.3, -0.25) is 0 Å². The van der Waals surface area contributed by atoms with Gasteiger partial charge in [0.2, 0.25) is 0 Å². The number of unbranched alkanes of at least 4 members (excludes halogenated alkanes) is 5. The Morgan fingerprint density at radius 2 is 1.52 bits per heavy atom. The van der Waals surface area contributed by atoms with Gasteiger partial charge in [0.05, 0.1) is 6.61 Å². The first-order valence-corrected chi connectivity index (χ1v) is 10.4. The van der Waals surface area contributed by atoms with Gasteiger partial charge in [-0.05, 0) is 48.2 Å². The van der Waals surface area contributed by atoms with Gasteiger partial charge >= 0.3 is 0 Å². The van der Waals surface area contributed by atoms with Gasteiger partial charge in [-0.25, -0.2) is 4.39 Å². The monoisotopic (exact) mass is 371 g/mol. The summed E-state index contributed by atoms with van der Waals surface area (Å²) in [5, 5.41) is 3.55. The van der Waals surface area contributed by atoms with Gasteiger partial charge in [0.15, 0.2) is 0 Å². The Balaban J connectivity index is 1.74. The summed E-state index contributed by atoms with van der Waals surface area (Å²) in [5.41, 5.74) is 2.35. The normalized spacial score (nSPS) is 12.1. The highest BCUT2D eigenvalue weighted by Crippen LogP contribution is 2.21. The van der Waals surface area contributed by atoms with E-state index >= 15 is 0 Å². The van der Waals surface area contributed by atoms with Crippen LogP contribution in [0.3, 0.4) is 0 Å². The first-order valence-electron chi connectivity index (χ1n) is 10.4. The van der Waals surface area contributed by atoms with E-state index in [9.17, 15) is 4.39 Å². The Labute approximate surface area is 164 Å². The number of halogens is 1. The third-order valence-electron chi connectivity index (χ3n) is 4.92. The molecule has 0 aromatic heterocycles. The second kappa shape index (κ2) is 12.5. The third-order valence-corrected chi connectivity index (χ3v) is 4.92. The smallest absolute Gasteiger partial charge is 0.123 e. The van der Waals surface area contributed by atoms with Crippen molar-refractivity contribution in [1.82, 2.24) is 5.32 Å². The van der Waals surface area contributed by atoms with Gasteiger partial charge in [-0.1, -0.05) is 70.2 Å². The van der Waals surface area contributed by atoms with Crippen molar-refractivity contribution in [2.45, 2.75) is 71.4 Å². The number of ether oxygens (including phenoxy) is 1. The molecule has 3 heteroatoms. The lowest BCUT2D eigenvalue weighted by Crippen LogP contribution is -2.20. The van der Waals surface area contributed by atoms with Crippen LogP contribution in [0.25, 0.3) is 0 Å². The first-order chi connectivity index (χ1) is 13.2. The van der Waals surface area contributed by atoms with Crippen LogP contribution < -0.4 is 10.1 Å². The molecule has 27 heavy (non-hydrogen) atoms. The molecule has 2 aromatic rings. The summed E-state index contributed by atoms with van der Waals surface area (Å²) in [5.74, 6) is 0.753. The van der Waals surface area contributed by atoms with E-state index < -0.39 is 0 Å². The maximum absolute atomic E-state index is 13.0. The Bertz CT molecular complexity index is 624. The van der Waals surface area contributed by atoms with Gasteiger partial charge in [0.1, 0.15) is 11.6 Å². The average Bonchev–Trinajstić information content (AvgIpc) is 2.70. The maximum atomic E-state index is 13.0. The first kappa shape index (κ1) is 21.4. The molecule has 0 radical (unpaired) electrons. The van der Waals surface area contributed by atoms with E-state index in [0.29, 0.717) is 0 Å². The van der Waals surface area contributed by atoms with E-state index in [1.54, 1.807) is 0 Å². The summed E-state index contributed by atoms with van der Waals surface area (Å²) >= 11 is 0. The topological polar surface area (TPSA) is 21.3 Å². The molecular formula is C24H34FNO. The molecule has 0 saturated carbocycles. The molecule has 1 unspecified atom stereocenters. The molecule has 0 aliphatic carbocycles. The van der Waals surface area contributed by atoms with Crippen molar-refractivity contribution in [2.75, 3.05) is 6.61 Å². The van der Waals surface area contributed by atoms with Crippen LogP contribution in [0.1, 0.15) is 76.0 Å². The molecule has 0 saturated heterocycles. The summed E-state index contributed by atoms with van der Waals surface area (Å²) in [7, 11) is 0. The molecule has 2 nitrogen and oxygen atoms in total. The Morgan fingerprint density at radius 1 is 0.852 bits per heavy atom. The minimum Gasteiger partial charge on any atom is -0.494 e. The Kier molecular flexibility index (Phi) is 9.93. The second-order valence-electron chi connectivity index (χ2n) is 7.15. The molecule has 0 fully saturated rings. The molecule has 0 aliphatic rings. The fourth-order valence-corrected chi connectivity index (χ4v) is 3.21. The van der Waals surface area contributed by atoms with E-state index in [4.69, 9.17) is 4.74 Å². The maximum Gasteiger partial charge on any atom is 0.123 e. The van der Waals surface area contributed by atoms with Crippen LogP contribution in [-0.4, -0.2) is 6.61 Å². The fourth-order valence-electron chi connectivity index (χ4n) is 3.21. The highest BCUT2D eigenvalue weighted by Gasteiger charge is 2.09. The van der Waals surface area contributed by atoms with E-state index in [-0.39, 0.29) is 11.9 Å².